The van der Waals surface area contributed by atoms with Gasteiger partial charge in [0, 0.05) is 12.6 Å². The molecule has 10 nitrogen and oxygen atoms in total. The van der Waals surface area contributed by atoms with Gasteiger partial charge in [0.1, 0.15) is 12.1 Å². The van der Waals surface area contributed by atoms with Crippen LogP contribution in [0.3, 0.4) is 0 Å². The highest BCUT2D eigenvalue weighted by molar-refractivity contribution is 6.37. The number of ketones is 1. The Morgan fingerprint density at radius 2 is 1.59 bits per heavy atom. The average molecular weight is 546 g/mol. The number of amides is 5. The van der Waals surface area contributed by atoms with Crippen LogP contribution in [0.4, 0.5) is 4.79 Å². The maximum Gasteiger partial charge on any atom is 0.315 e. The van der Waals surface area contributed by atoms with Crippen molar-refractivity contribution in [2.45, 2.75) is 117 Å². The monoisotopic (exact) mass is 545 g/mol. The molecular weight excluding hydrogens is 498 g/mol. The second-order valence-corrected chi connectivity index (χ2v) is 14.0. The smallest absolute Gasteiger partial charge is 0.315 e. The molecule has 39 heavy (non-hydrogen) atoms. The second kappa shape index (κ2) is 11.1. The highest BCUT2D eigenvalue weighted by Crippen LogP contribution is 2.65. The number of primary amides is 1. The number of fused-ring (bicyclic) bond motifs is 1. The van der Waals surface area contributed by atoms with Crippen LogP contribution in [-0.2, 0) is 19.2 Å². The molecule has 5 unspecified atom stereocenters. The lowest BCUT2D eigenvalue weighted by molar-refractivity contribution is -0.145. The fourth-order valence-electron chi connectivity index (χ4n) is 6.95. The molecule has 3 aliphatic carbocycles. The molecule has 1 aliphatic heterocycles. The van der Waals surface area contributed by atoms with Gasteiger partial charge in [-0.2, -0.15) is 0 Å². The van der Waals surface area contributed by atoms with Gasteiger partial charge < -0.3 is 26.6 Å². The van der Waals surface area contributed by atoms with Crippen LogP contribution < -0.4 is 21.7 Å². The van der Waals surface area contributed by atoms with E-state index in [1.165, 1.54) is 6.42 Å². The molecule has 5 amide bonds. The van der Waals surface area contributed by atoms with E-state index in [9.17, 15) is 24.0 Å². The predicted octanol–water partition coefficient (Wildman–Crippen LogP) is 2.25. The molecule has 1 saturated heterocycles. The SMILES string of the molecule is CC(C)(C)C(NC(=O)NC1CCCCC1)C(=O)N1CC2C(C1C(=O)NC(CC1CCC1)C(=O)C(N)=O)C2(C)C. The zero-order valence-electron chi connectivity index (χ0n) is 24.2. The lowest BCUT2D eigenvalue weighted by Crippen LogP contribution is -2.61. The number of rotatable bonds is 9. The summed E-state index contributed by atoms with van der Waals surface area (Å²) in [6, 6.07) is -2.88. The van der Waals surface area contributed by atoms with Gasteiger partial charge in [-0.1, -0.05) is 73.1 Å². The van der Waals surface area contributed by atoms with E-state index in [0.29, 0.717) is 13.0 Å². The van der Waals surface area contributed by atoms with Crippen molar-refractivity contribution in [2.75, 3.05) is 6.54 Å². The number of piperidine rings is 1. The minimum Gasteiger partial charge on any atom is -0.363 e. The summed E-state index contributed by atoms with van der Waals surface area (Å²) in [5.74, 6) is -2.25. The molecule has 1 heterocycles. The number of carbonyl (C=O) groups excluding carboxylic acids is 5. The highest BCUT2D eigenvalue weighted by atomic mass is 16.2. The number of nitrogens with one attached hydrogen (secondary N) is 3. The van der Waals surface area contributed by atoms with Gasteiger partial charge in [-0.25, -0.2) is 4.79 Å². The molecule has 4 rings (SSSR count). The van der Waals surface area contributed by atoms with Crippen LogP contribution in [0.25, 0.3) is 0 Å². The van der Waals surface area contributed by atoms with Crippen LogP contribution in [0.15, 0.2) is 0 Å². The van der Waals surface area contributed by atoms with Crippen LogP contribution in [0.2, 0.25) is 0 Å². The van der Waals surface area contributed by atoms with Gasteiger partial charge in [-0.15, -0.1) is 0 Å². The Hall–Kier alpha value is -2.65. The third kappa shape index (κ3) is 6.24. The molecule has 4 aliphatic rings. The molecular formula is C29H47N5O5. The van der Waals surface area contributed by atoms with Gasteiger partial charge in [-0.05, 0) is 47.8 Å². The number of carbonyl (C=O) groups is 5. The lowest BCUT2D eigenvalue weighted by atomic mass is 9.80. The molecule has 0 radical (unpaired) electrons. The molecule has 0 aromatic heterocycles. The normalized spacial score (nSPS) is 27.9. The van der Waals surface area contributed by atoms with Gasteiger partial charge in [0.05, 0.1) is 6.04 Å². The van der Waals surface area contributed by atoms with Crippen LogP contribution >= 0.6 is 0 Å². The third-order valence-corrected chi connectivity index (χ3v) is 9.76. The van der Waals surface area contributed by atoms with E-state index in [2.05, 4.69) is 29.8 Å². The van der Waals surface area contributed by atoms with E-state index in [4.69, 9.17) is 5.73 Å². The molecule has 0 spiro atoms. The topological polar surface area (TPSA) is 151 Å². The summed E-state index contributed by atoms with van der Waals surface area (Å²) in [6.07, 6.45) is 8.53. The fraction of sp³-hybridized carbons (Fsp3) is 0.828. The number of hydrogen-bond donors (Lipinski definition) is 4. The number of urea groups is 1. The van der Waals surface area contributed by atoms with Crippen molar-refractivity contribution in [1.82, 2.24) is 20.9 Å². The van der Waals surface area contributed by atoms with Gasteiger partial charge in [-0.3, -0.25) is 19.2 Å². The van der Waals surface area contributed by atoms with Gasteiger partial charge in [0.2, 0.25) is 17.6 Å². The molecule has 0 bridgehead atoms. The quantitative estimate of drug-likeness (QED) is 0.328. The third-order valence-electron chi connectivity index (χ3n) is 9.76. The first-order valence-corrected chi connectivity index (χ1v) is 14.7. The maximum atomic E-state index is 14.0. The van der Waals surface area contributed by atoms with Gasteiger partial charge in [0.15, 0.2) is 0 Å². The van der Waals surface area contributed by atoms with Gasteiger partial charge in [0.25, 0.3) is 5.91 Å². The van der Waals surface area contributed by atoms with Crippen LogP contribution in [0, 0.1) is 28.6 Å². The Bertz CT molecular complexity index is 995. The molecule has 10 heteroatoms. The van der Waals surface area contributed by atoms with Crippen molar-refractivity contribution in [2.24, 2.45) is 34.3 Å². The van der Waals surface area contributed by atoms with Gasteiger partial charge >= 0.3 is 6.03 Å². The number of nitrogens with zero attached hydrogens (tertiary/aromatic N) is 1. The second-order valence-electron chi connectivity index (χ2n) is 14.0. The Morgan fingerprint density at radius 1 is 0.949 bits per heavy atom. The van der Waals surface area contributed by atoms with Crippen molar-refractivity contribution < 1.29 is 24.0 Å². The van der Waals surface area contributed by atoms with Crippen molar-refractivity contribution >= 4 is 29.5 Å². The van der Waals surface area contributed by atoms with Crippen molar-refractivity contribution in [1.29, 1.82) is 0 Å². The Morgan fingerprint density at radius 3 is 2.13 bits per heavy atom. The van der Waals surface area contributed by atoms with E-state index in [-0.39, 0.29) is 41.1 Å². The van der Waals surface area contributed by atoms with Crippen LogP contribution in [0.5, 0.6) is 0 Å². The summed E-state index contributed by atoms with van der Waals surface area (Å²) in [5.41, 5.74) is 4.58. The minimum atomic E-state index is -1.07. The van der Waals surface area contributed by atoms with Crippen LogP contribution in [-0.4, -0.2) is 65.1 Å². The molecule has 5 N–H and O–H groups in total. The summed E-state index contributed by atoms with van der Waals surface area (Å²) < 4.78 is 0. The Kier molecular flexibility index (Phi) is 8.34. The Labute approximate surface area is 231 Å². The summed E-state index contributed by atoms with van der Waals surface area (Å²) in [4.78, 5) is 66.7. The number of hydrogen-bond acceptors (Lipinski definition) is 5. The van der Waals surface area contributed by atoms with E-state index in [1.807, 2.05) is 20.8 Å². The highest BCUT2D eigenvalue weighted by Gasteiger charge is 2.70. The zero-order chi connectivity index (χ0) is 28.7. The summed E-state index contributed by atoms with van der Waals surface area (Å²) in [7, 11) is 0. The number of nitrogens with two attached hydrogens (primary N) is 1. The lowest BCUT2D eigenvalue weighted by Gasteiger charge is -2.38. The molecule has 5 atom stereocenters. The van der Waals surface area contributed by atoms with E-state index in [0.717, 1.165) is 44.9 Å². The van der Waals surface area contributed by atoms with Crippen LogP contribution in [0.1, 0.15) is 92.4 Å². The fourth-order valence-corrected chi connectivity index (χ4v) is 6.95. The summed E-state index contributed by atoms with van der Waals surface area (Å²) >= 11 is 0. The summed E-state index contributed by atoms with van der Waals surface area (Å²) in [6.45, 7) is 10.3. The first kappa shape index (κ1) is 29.3. The largest absolute Gasteiger partial charge is 0.363 e. The molecule has 3 saturated carbocycles. The summed E-state index contributed by atoms with van der Waals surface area (Å²) in [5, 5.41) is 8.75. The predicted molar refractivity (Wildman–Crippen MR) is 146 cm³/mol. The van der Waals surface area contributed by atoms with E-state index < -0.39 is 41.1 Å². The first-order chi connectivity index (χ1) is 18.2. The average Bonchev–Trinajstić information content (AvgIpc) is 3.15. The molecule has 218 valence electrons. The van der Waals surface area contributed by atoms with Crippen molar-refractivity contribution in [3.63, 3.8) is 0 Å². The Balaban J connectivity index is 1.50. The molecule has 4 fully saturated rings. The molecule has 0 aromatic rings. The minimum absolute atomic E-state index is 0.0637. The first-order valence-electron chi connectivity index (χ1n) is 14.7. The van der Waals surface area contributed by atoms with Crippen molar-refractivity contribution in [3.05, 3.63) is 0 Å². The maximum absolute atomic E-state index is 14.0. The van der Waals surface area contributed by atoms with E-state index >= 15 is 0 Å². The zero-order valence-corrected chi connectivity index (χ0v) is 24.2. The standard InChI is InChI=1S/C29H47N5O5/c1-28(2,3)23(33-27(39)31-17-12-7-6-8-13-17)26(38)34-15-18-20(29(18,4)5)21(34)25(37)32-19(22(35)24(30)36)14-16-10-9-11-16/h16-21,23H,6-15H2,1-5H3,(H2,30,36)(H,32,37)(H2,31,33,39). The number of Topliss-reactive ketones (excluding diaryl/α,β-unsaturated/α-hetero) is 1. The van der Waals surface area contributed by atoms with E-state index in [1.54, 1.807) is 4.90 Å². The van der Waals surface area contributed by atoms with Crippen molar-refractivity contribution in [3.8, 4) is 0 Å². The number of likely N-dealkylation sites (tertiary alicyclic amines) is 1. The molecule has 0 aromatic carbocycles.